The standard InChI is InChI=1S/C11H15N3O4S/c1-11(5-2-6-11)13-19(17,18)10-7-8(12)3-4-9(10)14(15)16/h3-4,7,13H,2,5-6,12H2,1H3. The van der Waals surface area contributed by atoms with E-state index in [0.29, 0.717) is 0 Å². The van der Waals surface area contributed by atoms with E-state index in [1.54, 1.807) is 6.92 Å². The van der Waals surface area contributed by atoms with Gasteiger partial charge in [-0.05, 0) is 38.3 Å². The molecular weight excluding hydrogens is 270 g/mol. The molecule has 0 unspecified atom stereocenters. The van der Waals surface area contributed by atoms with Crippen LogP contribution < -0.4 is 10.5 Å². The highest BCUT2D eigenvalue weighted by molar-refractivity contribution is 7.89. The predicted molar refractivity (Wildman–Crippen MR) is 70.1 cm³/mol. The second-order valence-corrected chi connectivity index (χ2v) is 6.65. The predicted octanol–water partition coefficient (Wildman–Crippen LogP) is 1.40. The molecule has 0 aromatic heterocycles. The maximum atomic E-state index is 12.2. The van der Waals surface area contributed by atoms with Crippen LogP contribution in [-0.2, 0) is 10.0 Å². The van der Waals surface area contributed by atoms with E-state index in [1.807, 2.05) is 0 Å². The zero-order valence-corrected chi connectivity index (χ0v) is 11.2. The minimum Gasteiger partial charge on any atom is -0.399 e. The van der Waals surface area contributed by atoms with Crippen molar-refractivity contribution in [1.82, 2.24) is 4.72 Å². The zero-order chi connectivity index (χ0) is 14.3. The van der Waals surface area contributed by atoms with Crippen LogP contribution in [0.5, 0.6) is 0 Å². The lowest BCUT2D eigenvalue weighted by molar-refractivity contribution is -0.387. The van der Waals surface area contributed by atoms with Gasteiger partial charge in [0, 0.05) is 17.3 Å². The van der Waals surface area contributed by atoms with Crippen molar-refractivity contribution in [2.45, 2.75) is 36.6 Å². The van der Waals surface area contributed by atoms with E-state index in [2.05, 4.69) is 4.72 Å². The number of benzene rings is 1. The van der Waals surface area contributed by atoms with Crippen molar-refractivity contribution in [1.29, 1.82) is 0 Å². The average molecular weight is 285 g/mol. The summed E-state index contributed by atoms with van der Waals surface area (Å²) in [5, 5.41) is 10.9. The molecule has 1 aromatic rings. The zero-order valence-electron chi connectivity index (χ0n) is 10.4. The minimum atomic E-state index is -3.95. The number of nitrogens with zero attached hydrogens (tertiary/aromatic N) is 1. The molecule has 1 fully saturated rings. The van der Waals surface area contributed by atoms with Crippen LogP contribution in [0.15, 0.2) is 23.1 Å². The molecule has 1 aromatic carbocycles. The first-order valence-corrected chi connectivity index (χ1v) is 7.30. The lowest BCUT2D eigenvalue weighted by Crippen LogP contribution is -2.50. The summed E-state index contributed by atoms with van der Waals surface area (Å²) in [5.41, 5.74) is 4.71. The quantitative estimate of drug-likeness (QED) is 0.493. The number of hydrogen-bond donors (Lipinski definition) is 2. The second-order valence-electron chi connectivity index (χ2n) is 5.00. The summed E-state index contributed by atoms with van der Waals surface area (Å²) in [6.45, 7) is 1.78. The lowest BCUT2D eigenvalue weighted by Gasteiger charge is -2.38. The highest BCUT2D eigenvalue weighted by Gasteiger charge is 2.38. The smallest absolute Gasteiger partial charge is 0.289 e. The van der Waals surface area contributed by atoms with Crippen LogP contribution in [0.1, 0.15) is 26.2 Å². The maximum absolute atomic E-state index is 12.2. The highest BCUT2D eigenvalue weighted by Crippen LogP contribution is 2.34. The number of rotatable bonds is 4. The van der Waals surface area contributed by atoms with Crippen LogP contribution in [-0.4, -0.2) is 18.9 Å². The molecule has 8 heteroatoms. The third kappa shape index (κ3) is 2.69. The first-order chi connectivity index (χ1) is 8.73. The lowest BCUT2D eigenvalue weighted by atomic mass is 9.80. The van der Waals surface area contributed by atoms with E-state index in [4.69, 9.17) is 5.73 Å². The molecule has 1 saturated carbocycles. The molecule has 7 nitrogen and oxygen atoms in total. The molecule has 104 valence electrons. The van der Waals surface area contributed by atoms with Crippen LogP contribution in [0.3, 0.4) is 0 Å². The van der Waals surface area contributed by atoms with E-state index in [0.717, 1.165) is 31.4 Å². The van der Waals surface area contributed by atoms with Gasteiger partial charge in [0.05, 0.1) is 4.92 Å². The summed E-state index contributed by atoms with van der Waals surface area (Å²) in [5.74, 6) is 0. The van der Waals surface area contributed by atoms with E-state index in [9.17, 15) is 18.5 Å². The van der Waals surface area contributed by atoms with Crippen molar-refractivity contribution in [3.8, 4) is 0 Å². The van der Waals surface area contributed by atoms with Gasteiger partial charge in [-0.25, -0.2) is 13.1 Å². The maximum Gasteiger partial charge on any atom is 0.289 e. The van der Waals surface area contributed by atoms with Gasteiger partial charge in [0.15, 0.2) is 4.90 Å². The number of nitrogens with two attached hydrogens (primary N) is 1. The van der Waals surface area contributed by atoms with E-state index in [-0.39, 0.29) is 10.6 Å². The summed E-state index contributed by atoms with van der Waals surface area (Å²) in [4.78, 5) is 9.79. The molecule has 0 heterocycles. The minimum absolute atomic E-state index is 0.171. The van der Waals surface area contributed by atoms with Gasteiger partial charge in [-0.1, -0.05) is 0 Å². The molecule has 2 rings (SSSR count). The van der Waals surface area contributed by atoms with Crippen LogP contribution in [0.4, 0.5) is 11.4 Å². The first-order valence-electron chi connectivity index (χ1n) is 5.81. The first kappa shape index (κ1) is 13.8. The van der Waals surface area contributed by atoms with Crippen LogP contribution >= 0.6 is 0 Å². The number of anilines is 1. The molecule has 0 amide bonds. The summed E-state index contributed by atoms with van der Waals surface area (Å²) in [6, 6.07) is 3.53. The van der Waals surface area contributed by atoms with Gasteiger partial charge >= 0.3 is 0 Å². The number of hydrogen-bond acceptors (Lipinski definition) is 5. The van der Waals surface area contributed by atoms with Crippen molar-refractivity contribution in [3.63, 3.8) is 0 Å². The molecule has 1 aliphatic rings. The Morgan fingerprint density at radius 3 is 2.53 bits per heavy atom. The van der Waals surface area contributed by atoms with Gasteiger partial charge in [-0.3, -0.25) is 10.1 Å². The fraction of sp³-hybridized carbons (Fsp3) is 0.455. The Balaban J connectivity index is 2.44. The average Bonchev–Trinajstić information content (AvgIpc) is 2.26. The van der Waals surface area contributed by atoms with Crippen LogP contribution in [0, 0.1) is 10.1 Å². The monoisotopic (exact) mass is 285 g/mol. The summed E-state index contributed by atoms with van der Waals surface area (Å²) >= 11 is 0. The Hall–Kier alpha value is -1.67. The van der Waals surface area contributed by atoms with E-state index in [1.165, 1.54) is 6.07 Å². The van der Waals surface area contributed by atoms with Gasteiger partial charge in [-0.2, -0.15) is 0 Å². The molecule has 1 aliphatic carbocycles. The highest BCUT2D eigenvalue weighted by atomic mass is 32.2. The fourth-order valence-electron chi connectivity index (χ4n) is 2.09. The largest absolute Gasteiger partial charge is 0.399 e. The number of nitro benzene ring substituents is 1. The van der Waals surface area contributed by atoms with Gasteiger partial charge in [0.25, 0.3) is 5.69 Å². The topological polar surface area (TPSA) is 115 Å². The molecular formula is C11H15N3O4S. The Bertz CT molecular complexity index is 623. The fourth-order valence-corrected chi connectivity index (χ4v) is 3.76. The van der Waals surface area contributed by atoms with E-state index < -0.39 is 26.2 Å². The molecule has 0 radical (unpaired) electrons. The van der Waals surface area contributed by atoms with Crippen molar-refractivity contribution in [2.75, 3.05) is 5.73 Å². The number of nitro groups is 1. The molecule has 0 bridgehead atoms. The Morgan fingerprint density at radius 2 is 2.05 bits per heavy atom. The Morgan fingerprint density at radius 1 is 1.42 bits per heavy atom. The van der Waals surface area contributed by atoms with Crippen LogP contribution in [0.25, 0.3) is 0 Å². The third-order valence-electron chi connectivity index (χ3n) is 3.31. The molecule has 0 spiro atoms. The van der Waals surface area contributed by atoms with E-state index >= 15 is 0 Å². The summed E-state index contributed by atoms with van der Waals surface area (Å²) in [7, 11) is -3.95. The summed E-state index contributed by atoms with van der Waals surface area (Å²) in [6.07, 6.45) is 2.39. The van der Waals surface area contributed by atoms with Gasteiger partial charge in [0.1, 0.15) is 0 Å². The van der Waals surface area contributed by atoms with Crippen molar-refractivity contribution in [3.05, 3.63) is 28.3 Å². The van der Waals surface area contributed by atoms with Crippen LogP contribution in [0.2, 0.25) is 0 Å². The second kappa shape index (κ2) is 4.46. The molecule has 3 N–H and O–H groups in total. The van der Waals surface area contributed by atoms with Gasteiger partial charge in [-0.15, -0.1) is 0 Å². The third-order valence-corrected chi connectivity index (χ3v) is 4.98. The molecule has 19 heavy (non-hydrogen) atoms. The SMILES string of the molecule is CC1(NS(=O)(=O)c2cc(N)ccc2[N+](=O)[O-])CCC1. The summed E-state index contributed by atoms with van der Waals surface area (Å²) < 4.78 is 27.0. The molecule has 0 saturated heterocycles. The molecule has 0 aliphatic heterocycles. The number of sulfonamides is 1. The number of nitrogen functional groups attached to an aromatic ring is 1. The Labute approximate surface area is 111 Å². The van der Waals surface area contributed by atoms with Crippen molar-refractivity contribution in [2.24, 2.45) is 0 Å². The van der Waals surface area contributed by atoms with Gasteiger partial charge < -0.3 is 5.73 Å². The normalized spacial score (nSPS) is 17.7. The molecule has 0 atom stereocenters. The van der Waals surface area contributed by atoms with Gasteiger partial charge in [0.2, 0.25) is 10.0 Å². The number of nitrogens with one attached hydrogen (secondary N) is 1. The Kier molecular flexibility index (Phi) is 3.23. The van der Waals surface area contributed by atoms with Crippen molar-refractivity contribution >= 4 is 21.4 Å². The van der Waals surface area contributed by atoms with Crippen molar-refractivity contribution < 1.29 is 13.3 Å².